The number of nitrogens with zero attached hydrogens (tertiary/aromatic N) is 3. The highest BCUT2D eigenvalue weighted by atomic mass is 35.5. The monoisotopic (exact) mass is 377 g/mol. The number of aromatic nitrogens is 1. The first kappa shape index (κ1) is 17.3. The Kier molecular flexibility index (Phi) is 4.60. The van der Waals surface area contributed by atoms with Crippen LogP contribution in [0.25, 0.3) is 11.3 Å². The van der Waals surface area contributed by atoms with Crippen LogP contribution < -0.4 is 4.90 Å². The molecule has 138 valence electrons. The molecule has 2 aliphatic rings. The summed E-state index contributed by atoms with van der Waals surface area (Å²) in [6.07, 6.45) is 1.62. The first-order valence-corrected chi connectivity index (χ1v) is 9.06. The van der Waals surface area contributed by atoms with Gasteiger partial charge in [0.1, 0.15) is 0 Å². The van der Waals surface area contributed by atoms with Crippen LogP contribution in [-0.2, 0) is 0 Å². The third kappa shape index (κ3) is 3.18. The van der Waals surface area contributed by atoms with Crippen molar-refractivity contribution >= 4 is 23.4 Å². The van der Waals surface area contributed by atoms with Gasteiger partial charge in [-0.2, -0.15) is 0 Å². The molecule has 0 unspecified atom stereocenters. The number of piperidine rings is 1. The molecule has 0 radical (unpaired) electrons. The molecule has 1 aromatic carbocycles. The number of β-amino-alcohol motifs (C(OH)–C–C–N with tert-alkyl or cyclic N) is 1. The van der Waals surface area contributed by atoms with Crippen molar-refractivity contribution in [3.63, 3.8) is 0 Å². The van der Waals surface area contributed by atoms with Crippen LogP contribution in [0.2, 0.25) is 5.02 Å². The molecule has 0 saturated carbocycles. The van der Waals surface area contributed by atoms with E-state index in [4.69, 9.17) is 16.1 Å². The zero-order chi connectivity index (χ0) is 18.3. The van der Waals surface area contributed by atoms with Crippen molar-refractivity contribution in [2.75, 3.05) is 31.1 Å². The van der Waals surface area contributed by atoms with Gasteiger partial charge in [0.25, 0.3) is 0 Å². The van der Waals surface area contributed by atoms with E-state index in [1.807, 2.05) is 4.90 Å². The minimum atomic E-state index is -1.06. The maximum Gasteiger partial charge on any atom is 0.343 e. The number of halogens is 1. The second kappa shape index (κ2) is 6.90. The Morgan fingerprint density at radius 2 is 1.85 bits per heavy atom. The summed E-state index contributed by atoms with van der Waals surface area (Å²) in [7, 11) is 0. The van der Waals surface area contributed by atoms with E-state index in [1.165, 1.54) is 0 Å². The number of likely N-dealkylation sites (tertiary alicyclic amines) is 1. The Balaban J connectivity index is 1.54. The van der Waals surface area contributed by atoms with Crippen molar-refractivity contribution in [1.82, 2.24) is 10.1 Å². The summed E-state index contributed by atoms with van der Waals surface area (Å²) in [4.78, 5) is 16.1. The molecule has 0 spiro atoms. The number of aromatic carboxylic acids is 1. The van der Waals surface area contributed by atoms with Crippen molar-refractivity contribution in [3.8, 4) is 11.3 Å². The van der Waals surface area contributed by atoms with Gasteiger partial charge in [-0.05, 0) is 37.1 Å². The lowest BCUT2D eigenvalue weighted by Gasteiger charge is -2.45. The summed E-state index contributed by atoms with van der Waals surface area (Å²) in [5.74, 6) is -0.430. The van der Waals surface area contributed by atoms with Gasteiger partial charge in [0, 0.05) is 42.8 Å². The van der Waals surface area contributed by atoms with Gasteiger partial charge in [-0.1, -0.05) is 16.8 Å². The molecule has 26 heavy (non-hydrogen) atoms. The summed E-state index contributed by atoms with van der Waals surface area (Å²) in [5, 5.41) is 23.8. The molecule has 0 bridgehead atoms. The van der Waals surface area contributed by atoms with E-state index >= 15 is 0 Å². The SMILES string of the molecule is O=C(O)c1c(N2CCC(N3CC(O)C3)CC2)noc1-c1ccc(Cl)cc1. The van der Waals surface area contributed by atoms with Crippen LogP contribution in [0.5, 0.6) is 0 Å². The lowest BCUT2D eigenvalue weighted by molar-refractivity contribution is -0.0301. The van der Waals surface area contributed by atoms with Gasteiger partial charge in [0.15, 0.2) is 17.1 Å². The lowest BCUT2D eigenvalue weighted by Crippen LogP contribution is -2.57. The average molecular weight is 378 g/mol. The highest BCUT2D eigenvalue weighted by molar-refractivity contribution is 6.30. The summed E-state index contributed by atoms with van der Waals surface area (Å²) < 4.78 is 5.40. The number of aliphatic hydroxyl groups is 1. The van der Waals surface area contributed by atoms with Crippen molar-refractivity contribution in [3.05, 3.63) is 34.9 Å². The standard InChI is InChI=1S/C18H20ClN3O4/c19-12-3-1-11(2-4-12)16-15(18(24)25)17(20-26-16)21-7-5-13(6-8-21)22-9-14(23)10-22/h1-4,13-14,23H,5-10H2,(H,24,25). The molecule has 2 saturated heterocycles. The molecule has 3 heterocycles. The van der Waals surface area contributed by atoms with E-state index < -0.39 is 5.97 Å². The molecule has 1 aromatic heterocycles. The number of anilines is 1. The number of hydrogen-bond donors (Lipinski definition) is 2. The van der Waals surface area contributed by atoms with Gasteiger partial charge in [-0.15, -0.1) is 0 Å². The van der Waals surface area contributed by atoms with Crippen LogP contribution in [0.3, 0.4) is 0 Å². The number of benzene rings is 1. The molecule has 4 rings (SSSR count). The van der Waals surface area contributed by atoms with Crippen LogP contribution in [0.15, 0.2) is 28.8 Å². The van der Waals surface area contributed by atoms with Crippen molar-refractivity contribution in [1.29, 1.82) is 0 Å². The third-order valence-corrected chi connectivity index (χ3v) is 5.42. The summed E-state index contributed by atoms with van der Waals surface area (Å²) in [6.45, 7) is 2.89. The molecular formula is C18H20ClN3O4. The Bertz CT molecular complexity index is 793. The van der Waals surface area contributed by atoms with Crippen LogP contribution in [0, 0.1) is 0 Å². The maximum atomic E-state index is 11.9. The predicted molar refractivity (Wildman–Crippen MR) is 96.7 cm³/mol. The fourth-order valence-electron chi connectivity index (χ4n) is 3.72. The molecule has 2 aromatic rings. The van der Waals surface area contributed by atoms with E-state index in [2.05, 4.69) is 10.1 Å². The van der Waals surface area contributed by atoms with E-state index in [1.54, 1.807) is 24.3 Å². The molecule has 8 heteroatoms. The Hall–Kier alpha value is -2.09. The van der Waals surface area contributed by atoms with Crippen LogP contribution >= 0.6 is 11.6 Å². The van der Waals surface area contributed by atoms with Gasteiger partial charge in [0.05, 0.1) is 6.10 Å². The van der Waals surface area contributed by atoms with Gasteiger partial charge < -0.3 is 19.6 Å². The predicted octanol–water partition coefficient (Wildman–Crippen LogP) is 2.34. The van der Waals surface area contributed by atoms with Crippen LogP contribution in [0.4, 0.5) is 5.82 Å². The number of rotatable bonds is 4. The van der Waals surface area contributed by atoms with Gasteiger partial charge in [0.2, 0.25) is 0 Å². The average Bonchev–Trinajstić information content (AvgIpc) is 3.05. The van der Waals surface area contributed by atoms with Crippen LogP contribution in [-0.4, -0.2) is 64.6 Å². The summed E-state index contributed by atoms with van der Waals surface area (Å²) in [6, 6.07) is 7.27. The Labute approximate surface area is 155 Å². The fourth-order valence-corrected chi connectivity index (χ4v) is 3.84. The maximum absolute atomic E-state index is 11.9. The van der Waals surface area contributed by atoms with Crippen molar-refractivity contribution in [2.24, 2.45) is 0 Å². The Morgan fingerprint density at radius 3 is 2.42 bits per heavy atom. The molecule has 2 aliphatic heterocycles. The molecule has 7 nitrogen and oxygen atoms in total. The summed E-state index contributed by atoms with van der Waals surface area (Å²) in [5.41, 5.74) is 0.722. The van der Waals surface area contributed by atoms with Crippen molar-refractivity contribution < 1.29 is 19.5 Å². The zero-order valence-electron chi connectivity index (χ0n) is 14.1. The zero-order valence-corrected chi connectivity index (χ0v) is 14.9. The van der Waals surface area contributed by atoms with E-state index in [0.717, 1.165) is 25.9 Å². The minimum absolute atomic E-state index is 0.0881. The molecule has 0 aliphatic carbocycles. The number of hydrogen-bond acceptors (Lipinski definition) is 6. The third-order valence-electron chi connectivity index (χ3n) is 5.17. The smallest absolute Gasteiger partial charge is 0.343 e. The summed E-state index contributed by atoms with van der Waals surface area (Å²) >= 11 is 5.90. The first-order chi connectivity index (χ1) is 12.5. The molecule has 0 atom stereocenters. The molecular weight excluding hydrogens is 358 g/mol. The second-order valence-corrected chi connectivity index (χ2v) is 7.28. The topological polar surface area (TPSA) is 90.0 Å². The molecule has 2 fully saturated rings. The van der Waals surface area contributed by atoms with Crippen molar-refractivity contribution in [2.45, 2.75) is 25.0 Å². The lowest BCUT2D eigenvalue weighted by atomic mass is 9.98. The highest BCUT2D eigenvalue weighted by Gasteiger charge is 2.35. The van der Waals surface area contributed by atoms with Gasteiger partial charge >= 0.3 is 5.97 Å². The normalized spacial score (nSPS) is 19.5. The second-order valence-electron chi connectivity index (χ2n) is 6.85. The van der Waals surface area contributed by atoms with E-state index in [0.29, 0.717) is 35.5 Å². The first-order valence-electron chi connectivity index (χ1n) is 8.69. The number of aliphatic hydroxyl groups excluding tert-OH is 1. The molecule has 0 amide bonds. The quantitative estimate of drug-likeness (QED) is 0.845. The largest absolute Gasteiger partial charge is 0.477 e. The number of carboxylic acids is 1. The van der Waals surface area contributed by atoms with Gasteiger partial charge in [-0.3, -0.25) is 4.90 Å². The Morgan fingerprint density at radius 1 is 1.19 bits per heavy atom. The number of carboxylic acid groups (broad SMARTS) is 1. The van der Waals surface area contributed by atoms with E-state index in [-0.39, 0.29) is 17.4 Å². The highest BCUT2D eigenvalue weighted by Crippen LogP contribution is 2.34. The van der Waals surface area contributed by atoms with Gasteiger partial charge in [-0.25, -0.2) is 4.79 Å². The number of carbonyl (C=O) groups is 1. The van der Waals surface area contributed by atoms with Crippen LogP contribution in [0.1, 0.15) is 23.2 Å². The fraction of sp³-hybridized carbons (Fsp3) is 0.444. The minimum Gasteiger partial charge on any atom is -0.477 e. The molecule has 2 N–H and O–H groups in total. The van der Waals surface area contributed by atoms with E-state index in [9.17, 15) is 15.0 Å².